The zero-order valence-electron chi connectivity index (χ0n) is 8.76. The highest BCUT2D eigenvalue weighted by Gasteiger charge is 1.88. The van der Waals surface area contributed by atoms with E-state index in [2.05, 4.69) is 11.8 Å². The van der Waals surface area contributed by atoms with Gasteiger partial charge in [-0.3, -0.25) is 4.79 Å². The second kappa shape index (κ2) is 4.99. The van der Waals surface area contributed by atoms with E-state index in [1.54, 1.807) is 16.8 Å². The Morgan fingerprint density at radius 1 is 1.00 bits per heavy atom. The maximum Gasteiger partial charge on any atom is 0.251 e. The minimum atomic E-state index is -0.0233. The summed E-state index contributed by atoms with van der Waals surface area (Å²) in [5, 5.41) is 0. The van der Waals surface area contributed by atoms with Crippen LogP contribution in [0.25, 0.3) is 0 Å². The lowest BCUT2D eigenvalue weighted by molar-refractivity contribution is 0.796. The van der Waals surface area contributed by atoms with Crippen LogP contribution in [0.5, 0.6) is 0 Å². The van der Waals surface area contributed by atoms with E-state index in [9.17, 15) is 4.79 Å². The van der Waals surface area contributed by atoms with E-state index in [0.717, 1.165) is 5.56 Å². The molecule has 0 saturated heterocycles. The molecule has 0 amide bonds. The fourth-order valence-electron chi connectivity index (χ4n) is 1.34. The van der Waals surface area contributed by atoms with Gasteiger partial charge < -0.3 is 4.57 Å². The molecule has 1 aromatic heterocycles. The topological polar surface area (TPSA) is 22.0 Å². The maximum atomic E-state index is 11.4. The van der Waals surface area contributed by atoms with Gasteiger partial charge in [-0.25, -0.2) is 0 Å². The van der Waals surface area contributed by atoms with Crippen LogP contribution in [-0.2, 0) is 6.54 Å². The number of hydrogen-bond acceptors (Lipinski definition) is 1. The van der Waals surface area contributed by atoms with E-state index < -0.39 is 0 Å². The summed E-state index contributed by atoms with van der Waals surface area (Å²) < 4.78 is 1.58. The summed E-state index contributed by atoms with van der Waals surface area (Å²) in [4.78, 5) is 11.4. The van der Waals surface area contributed by atoms with Crippen molar-refractivity contribution in [3.63, 3.8) is 0 Å². The van der Waals surface area contributed by atoms with Crippen LogP contribution in [0.1, 0.15) is 5.56 Å². The van der Waals surface area contributed by atoms with Gasteiger partial charge >= 0.3 is 0 Å². The van der Waals surface area contributed by atoms with Gasteiger partial charge in [-0.05, 0) is 18.2 Å². The summed E-state index contributed by atoms with van der Waals surface area (Å²) in [5.41, 5.74) is 0.941. The van der Waals surface area contributed by atoms with E-state index in [1.807, 2.05) is 36.4 Å². The molecule has 2 heteroatoms. The summed E-state index contributed by atoms with van der Waals surface area (Å²) >= 11 is 0. The van der Waals surface area contributed by atoms with Crippen LogP contribution in [-0.4, -0.2) is 4.57 Å². The molecule has 2 nitrogen and oxygen atoms in total. The molecule has 0 atom stereocenters. The molecule has 0 aliphatic rings. The summed E-state index contributed by atoms with van der Waals surface area (Å²) in [6.45, 7) is 0.425. The average Bonchev–Trinajstić information content (AvgIpc) is 2.33. The van der Waals surface area contributed by atoms with Crippen molar-refractivity contribution in [3.05, 3.63) is 70.6 Å². The maximum absolute atomic E-state index is 11.4. The first-order valence-electron chi connectivity index (χ1n) is 5.06. The van der Waals surface area contributed by atoms with Gasteiger partial charge in [-0.2, -0.15) is 0 Å². The van der Waals surface area contributed by atoms with Gasteiger partial charge in [0.15, 0.2) is 0 Å². The predicted molar refractivity (Wildman–Crippen MR) is 64.0 cm³/mol. The first-order chi connectivity index (χ1) is 7.86. The van der Waals surface area contributed by atoms with Gasteiger partial charge in [-0.1, -0.05) is 36.1 Å². The largest absolute Gasteiger partial charge is 0.304 e. The molecule has 16 heavy (non-hydrogen) atoms. The van der Waals surface area contributed by atoms with Crippen LogP contribution >= 0.6 is 0 Å². The SMILES string of the molecule is O=c1ccccn1CC#Cc1ccccc1. The number of aromatic nitrogens is 1. The van der Waals surface area contributed by atoms with Crippen LogP contribution in [0.15, 0.2) is 59.5 Å². The van der Waals surface area contributed by atoms with Crippen LogP contribution in [0, 0.1) is 11.8 Å². The number of nitrogens with zero attached hydrogens (tertiary/aromatic N) is 1. The van der Waals surface area contributed by atoms with Crippen LogP contribution in [0.2, 0.25) is 0 Å². The van der Waals surface area contributed by atoms with Gasteiger partial charge in [0.1, 0.15) is 0 Å². The predicted octanol–water partition coefficient (Wildman–Crippen LogP) is 1.90. The van der Waals surface area contributed by atoms with Crippen LogP contribution in [0.3, 0.4) is 0 Å². The van der Waals surface area contributed by atoms with Crippen molar-refractivity contribution in [3.8, 4) is 11.8 Å². The van der Waals surface area contributed by atoms with Gasteiger partial charge in [-0.15, -0.1) is 0 Å². The zero-order valence-corrected chi connectivity index (χ0v) is 8.76. The summed E-state index contributed by atoms with van der Waals surface area (Å²) in [7, 11) is 0. The van der Waals surface area contributed by atoms with Crippen molar-refractivity contribution in [2.24, 2.45) is 0 Å². The molecular formula is C14H11NO. The highest BCUT2D eigenvalue weighted by Crippen LogP contribution is 1.94. The smallest absolute Gasteiger partial charge is 0.251 e. The number of rotatable bonds is 1. The first-order valence-corrected chi connectivity index (χ1v) is 5.06. The Hall–Kier alpha value is -2.27. The first kappa shape index (κ1) is 10.3. The minimum absolute atomic E-state index is 0.0233. The van der Waals surface area contributed by atoms with Crippen molar-refractivity contribution in [2.75, 3.05) is 0 Å². The average molecular weight is 209 g/mol. The lowest BCUT2D eigenvalue weighted by Gasteiger charge is -1.96. The third-order valence-corrected chi connectivity index (χ3v) is 2.15. The summed E-state index contributed by atoms with van der Waals surface area (Å²) in [6.07, 6.45) is 1.74. The normalized spacial score (nSPS) is 9.25. The fraction of sp³-hybridized carbons (Fsp3) is 0.0714. The standard InChI is InChI=1S/C14H11NO/c16-14-10-4-5-11-15(14)12-6-9-13-7-2-1-3-8-13/h1-5,7-8,10-11H,12H2. The second-order valence-electron chi connectivity index (χ2n) is 3.33. The zero-order chi connectivity index (χ0) is 11.2. The molecule has 0 aliphatic carbocycles. The third-order valence-electron chi connectivity index (χ3n) is 2.15. The molecule has 0 saturated carbocycles. The highest BCUT2D eigenvalue weighted by molar-refractivity contribution is 5.33. The number of pyridine rings is 1. The Bertz CT molecular complexity index is 573. The third kappa shape index (κ3) is 2.61. The lowest BCUT2D eigenvalue weighted by atomic mass is 10.2. The highest BCUT2D eigenvalue weighted by atomic mass is 16.1. The molecule has 0 radical (unpaired) electrons. The Morgan fingerprint density at radius 2 is 1.75 bits per heavy atom. The number of benzene rings is 1. The molecule has 78 valence electrons. The second-order valence-corrected chi connectivity index (χ2v) is 3.33. The molecule has 2 aromatic rings. The Labute approximate surface area is 94.2 Å². The van der Waals surface area contributed by atoms with Gasteiger partial charge in [0.25, 0.3) is 5.56 Å². The molecule has 2 rings (SSSR count). The van der Waals surface area contributed by atoms with Gasteiger partial charge in [0.2, 0.25) is 0 Å². The van der Waals surface area contributed by atoms with Gasteiger partial charge in [0, 0.05) is 17.8 Å². The molecule has 0 bridgehead atoms. The van der Waals surface area contributed by atoms with Crippen molar-refractivity contribution in [1.29, 1.82) is 0 Å². The van der Waals surface area contributed by atoms with E-state index >= 15 is 0 Å². The Morgan fingerprint density at radius 3 is 2.50 bits per heavy atom. The van der Waals surface area contributed by atoms with Crippen LogP contribution < -0.4 is 5.56 Å². The van der Waals surface area contributed by atoms with E-state index in [0.29, 0.717) is 6.54 Å². The van der Waals surface area contributed by atoms with Crippen molar-refractivity contribution in [2.45, 2.75) is 6.54 Å². The number of hydrogen-bond donors (Lipinski definition) is 0. The molecule has 0 aliphatic heterocycles. The summed E-state index contributed by atoms with van der Waals surface area (Å²) in [6, 6.07) is 14.8. The van der Waals surface area contributed by atoms with E-state index in [4.69, 9.17) is 0 Å². The monoisotopic (exact) mass is 209 g/mol. The quantitative estimate of drug-likeness (QED) is 0.657. The van der Waals surface area contributed by atoms with Crippen LogP contribution in [0.4, 0.5) is 0 Å². The molecule has 0 fully saturated rings. The van der Waals surface area contributed by atoms with E-state index in [-0.39, 0.29) is 5.56 Å². The molecular weight excluding hydrogens is 198 g/mol. The molecule has 1 heterocycles. The van der Waals surface area contributed by atoms with E-state index in [1.165, 1.54) is 6.07 Å². The van der Waals surface area contributed by atoms with Crippen molar-refractivity contribution < 1.29 is 0 Å². The molecule has 0 spiro atoms. The fourth-order valence-corrected chi connectivity index (χ4v) is 1.34. The lowest BCUT2D eigenvalue weighted by Crippen LogP contribution is -2.16. The molecule has 0 N–H and O–H groups in total. The van der Waals surface area contributed by atoms with Crippen molar-refractivity contribution in [1.82, 2.24) is 4.57 Å². The van der Waals surface area contributed by atoms with Crippen molar-refractivity contribution >= 4 is 0 Å². The Balaban J connectivity index is 2.12. The minimum Gasteiger partial charge on any atom is -0.304 e. The molecule has 1 aromatic carbocycles. The van der Waals surface area contributed by atoms with Gasteiger partial charge in [0.05, 0.1) is 6.54 Å². The Kier molecular flexibility index (Phi) is 3.20. The summed E-state index contributed by atoms with van der Waals surface area (Å²) in [5.74, 6) is 5.98. The molecule has 0 unspecified atom stereocenters.